The van der Waals surface area contributed by atoms with E-state index in [1.807, 2.05) is 0 Å². The van der Waals surface area contributed by atoms with Crippen LogP contribution in [0.3, 0.4) is 0 Å². The zero-order chi connectivity index (χ0) is 8.97. The van der Waals surface area contributed by atoms with Gasteiger partial charge in [-0.15, -0.1) is 6.42 Å². The Hall–Kier alpha value is -1.50. The number of hydrogen-bond donors (Lipinski definition) is 1. The van der Waals surface area contributed by atoms with Crippen LogP contribution in [-0.4, -0.2) is 36.3 Å². The fraction of sp³-hybridized carbons (Fsp3) is 0.500. The van der Waals surface area contributed by atoms with E-state index in [1.165, 1.54) is 4.90 Å². The molecule has 1 heterocycles. The lowest BCUT2D eigenvalue weighted by Gasteiger charge is -2.14. The normalized spacial score (nSPS) is 18.1. The molecule has 0 aromatic carbocycles. The standard InChI is InChI=1S/C8H10N2O2/c1-2-5-10-6-3-4-9-7(11)8(10)12/h1H,3-6H2,(H,9,11). The van der Waals surface area contributed by atoms with E-state index in [0.717, 1.165) is 6.42 Å². The molecule has 0 unspecified atom stereocenters. The summed E-state index contributed by atoms with van der Waals surface area (Å²) in [4.78, 5) is 23.5. The molecule has 1 fully saturated rings. The molecule has 4 heteroatoms. The van der Waals surface area contributed by atoms with Crippen LogP contribution >= 0.6 is 0 Å². The van der Waals surface area contributed by atoms with Crippen molar-refractivity contribution < 1.29 is 9.59 Å². The Morgan fingerprint density at radius 3 is 3.00 bits per heavy atom. The average molecular weight is 166 g/mol. The Morgan fingerprint density at radius 1 is 1.58 bits per heavy atom. The minimum Gasteiger partial charge on any atom is -0.348 e. The summed E-state index contributed by atoms with van der Waals surface area (Å²) in [7, 11) is 0. The Bertz CT molecular complexity index is 242. The van der Waals surface area contributed by atoms with Crippen LogP contribution < -0.4 is 5.32 Å². The quantitative estimate of drug-likeness (QED) is 0.400. The first-order valence-electron chi connectivity index (χ1n) is 3.76. The number of amides is 2. The highest BCUT2D eigenvalue weighted by atomic mass is 16.2. The number of terminal acetylenes is 1. The summed E-state index contributed by atoms with van der Waals surface area (Å²) in [5.74, 6) is 1.27. The first kappa shape index (κ1) is 8.60. The van der Waals surface area contributed by atoms with E-state index in [-0.39, 0.29) is 6.54 Å². The number of rotatable bonds is 1. The van der Waals surface area contributed by atoms with E-state index < -0.39 is 11.8 Å². The molecule has 0 bridgehead atoms. The van der Waals surface area contributed by atoms with Gasteiger partial charge in [0.1, 0.15) is 0 Å². The maximum absolute atomic E-state index is 11.2. The van der Waals surface area contributed by atoms with Crippen LogP contribution in [0.5, 0.6) is 0 Å². The predicted molar refractivity (Wildman–Crippen MR) is 43.0 cm³/mol. The van der Waals surface area contributed by atoms with Gasteiger partial charge in [-0.3, -0.25) is 9.59 Å². The number of carbonyl (C=O) groups excluding carboxylic acids is 2. The molecule has 1 N–H and O–H groups in total. The summed E-state index contributed by atoms with van der Waals surface area (Å²) in [5, 5.41) is 2.48. The third-order valence-corrected chi connectivity index (χ3v) is 1.65. The largest absolute Gasteiger partial charge is 0.348 e. The second-order valence-corrected chi connectivity index (χ2v) is 2.54. The van der Waals surface area contributed by atoms with Crippen molar-refractivity contribution in [1.82, 2.24) is 10.2 Å². The molecule has 1 rings (SSSR count). The number of carbonyl (C=O) groups is 2. The van der Waals surface area contributed by atoms with Crippen molar-refractivity contribution in [1.29, 1.82) is 0 Å². The molecule has 12 heavy (non-hydrogen) atoms. The molecule has 0 saturated carbocycles. The van der Waals surface area contributed by atoms with Gasteiger partial charge in [0.25, 0.3) is 0 Å². The van der Waals surface area contributed by atoms with E-state index in [4.69, 9.17) is 6.42 Å². The average Bonchev–Trinajstić information content (AvgIpc) is 2.20. The molecule has 1 aliphatic heterocycles. The highest BCUT2D eigenvalue weighted by Crippen LogP contribution is 1.96. The molecule has 4 nitrogen and oxygen atoms in total. The minimum atomic E-state index is -0.553. The van der Waals surface area contributed by atoms with Gasteiger partial charge in [0.15, 0.2) is 0 Å². The molecule has 0 aliphatic carbocycles. The number of hydrogen-bond acceptors (Lipinski definition) is 2. The van der Waals surface area contributed by atoms with E-state index in [1.54, 1.807) is 0 Å². The number of nitrogens with one attached hydrogen (secondary N) is 1. The van der Waals surface area contributed by atoms with Crippen molar-refractivity contribution in [3.8, 4) is 12.3 Å². The van der Waals surface area contributed by atoms with Crippen LogP contribution in [-0.2, 0) is 9.59 Å². The fourth-order valence-corrected chi connectivity index (χ4v) is 1.05. The molecule has 0 atom stereocenters. The van der Waals surface area contributed by atoms with Gasteiger partial charge < -0.3 is 10.2 Å². The van der Waals surface area contributed by atoms with Crippen molar-refractivity contribution in [2.75, 3.05) is 19.6 Å². The summed E-state index contributed by atoms with van der Waals surface area (Å²) >= 11 is 0. The van der Waals surface area contributed by atoms with Crippen LogP contribution in [0, 0.1) is 12.3 Å². The summed E-state index contributed by atoms with van der Waals surface area (Å²) in [6.07, 6.45) is 5.81. The van der Waals surface area contributed by atoms with Gasteiger partial charge in [-0.1, -0.05) is 5.92 Å². The van der Waals surface area contributed by atoms with Crippen molar-refractivity contribution in [2.45, 2.75) is 6.42 Å². The minimum absolute atomic E-state index is 0.215. The lowest BCUT2D eigenvalue weighted by molar-refractivity contribution is -0.144. The summed E-state index contributed by atoms with van der Waals surface area (Å²) in [6, 6.07) is 0. The van der Waals surface area contributed by atoms with Gasteiger partial charge in [-0.05, 0) is 6.42 Å². The first-order valence-corrected chi connectivity index (χ1v) is 3.76. The van der Waals surface area contributed by atoms with E-state index in [9.17, 15) is 9.59 Å². The monoisotopic (exact) mass is 166 g/mol. The van der Waals surface area contributed by atoms with E-state index >= 15 is 0 Å². The lowest BCUT2D eigenvalue weighted by Crippen LogP contribution is -2.39. The molecule has 0 aromatic heterocycles. The van der Waals surface area contributed by atoms with Gasteiger partial charge in [0, 0.05) is 13.1 Å². The third kappa shape index (κ3) is 1.76. The molecule has 0 radical (unpaired) electrons. The Labute approximate surface area is 70.9 Å². The van der Waals surface area contributed by atoms with Gasteiger partial charge in [-0.2, -0.15) is 0 Å². The maximum atomic E-state index is 11.2. The van der Waals surface area contributed by atoms with Gasteiger partial charge in [-0.25, -0.2) is 0 Å². The zero-order valence-electron chi connectivity index (χ0n) is 6.67. The highest BCUT2D eigenvalue weighted by molar-refractivity contribution is 6.35. The first-order chi connectivity index (χ1) is 5.75. The topological polar surface area (TPSA) is 49.4 Å². The highest BCUT2D eigenvalue weighted by Gasteiger charge is 2.22. The van der Waals surface area contributed by atoms with Crippen molar-refractivity contribution in [2.24, 2.45) is 0 Å². The fourth-order valence-electron chi connectivity index (χ4n) is 1.05. The molecule has 64 valence electrons. The van der Waals surface area contributed by atoms with Crippen molar-refractivity contribution >= 4 is 11.8 Å². The van der Waals surface area contributed by atoms with Crippen LogP contribution in [0.25, 0.3) is 0 Å². The lowest BCUT2D eigenvalue weighted by atomic mass is 10.4. The van der Waals surface area contributed by atoms with Gasteiger partial charge in [0.05, 0.1) is 6.54 Å². The Kier molecular flexibility index (Phi) is 2.70. The maximum Gasteiger partial charge on any atom is 0.312 e. The molecule has 0 spiro atoms. The molecular weight excluding hydrogens is 156 g/mol. The second kappa shape index (κ2) is 3.77. The Balaban J connectivity index is 2.66. The second-order valence-electron chi connectivity index (χ2n) is 2.54. The van der Waals surface area contributed by atoms with Crippen LogP contribution in [0.4, 0.5) is 0 Å². The molecule has 1 saturated heterocycles. The van der Waals surface area contributed by atoms with Crippen LogP contribution in [0.2, 0.25) is 0 Å². The SMILES string of the molecule is C#CCN1CCCNC(=O)C1=O. The molecule has 1 aliphatic rings. The number of nitrogens with zero attached hydrogens (tertiary/aromatic N) is 1. The van der Waals surface area contributed by atoms with Crippen LogP contribution in [0.15, 0.2) is 0 Å². The predicted octanol–water partition coefficient (Wildman–Crippen LogP) is -1.03. The Morgan fingerprint density at radius 2 is 2.33 bits per heavy atom. The molecule has 2 amide bonds. The van der Waals surface area contributed by atoms with Gasteiger partial charge >= 0.3 is 11.8 Å². The zero-order valence-corrected chi connectivity index (χ0v) is 6.67. The van der Waals surface area contributed by atoms with E-state index in [2.05, 4.69) is 11.2 Å². The van der Waals surface area contributed by atoms with Crippen molar-refractivity contribution in [3.05, 3.63) is 0 Å². The van der Waals surface area contributed by atoms with E-state index in [0.29, 0.717) is 13.1 Å². The summed E-state index contributed by atoms with van der Waals surface area (Å²) in [5.41, 5.74) is 0. The summed E-state index contributed by atoms with van der Waals surface area (Å²) in [6.45, 7) is 1.32. The summed E-state index contributed by atoms with van der Waals surface area (Å²) < 4.78 is 0. The van der Waals surface area contributed by atoms with Gasteiger partial charge in [0.2, 0.25) is 0 Å². The smallest absolute Gasteiger partial charge is 0.312 e. The molecule has 0 aromatic rings. The molecular formula is C8H10N2O2. The van der Waals surface area contributed by atoms with Crippen LogP contribution in [0.1, 0.15) is 6.42 Å². The third-order valence-electron chi connectivity index (χ3n) is 1.65. The van der Waals surface area contributed by atoms with Crippen molar-refractivity contribution in [3.63, 3.8) is 0 Å².